The van der Waals surface area contributed by atoms with Crippen LogP contribution in [-0.2, 0) is 0 Å². The van der Waals surface area contributed by atoms with Gasteiger partial charge in [0.25, 0.3) is 5.91 Å². The molecule has 0 radical (unpaired) electrons. The lowest BCUT2D eigenvalue weighted by Gasteiger charge is -2.15. The zero-order valence-electron chi connectivity index (χ0n) is 11.6. The maximum Gasteiger partial charge on any atom is 0.267 e. The number of amides is 1. The number of thiazole rings is 1. The molecule has 0 aliphatic carbocycles. The number of nitrogens with zero attached hydrogens (tertiary/aromatic N) is 2. The Balaban J connectivity index is 2.03. The Bertz CT molecular complexity index is 446. The van der Waals surface area contributed by atoms with Gasteiger partial charge in [-0.25, -0.2) is 4.98 Å². The van der Waals surface area contributed by atoms with E-state index in [4.69, 9.17) is 5.73 Å². The summed E-state index contributed by atoms with van der Waals surface area (Å²) >= 11 is 1.36. The van der Waals surface area contributed by atoms with Crippen LogP contribution in [0.4, 0.5) is 10.9 Å². The second-order valence-electron chi connectivity index (χ2n) is 4.96. The Hall–Kier alpha value is -1.30. The van der Waals surface area contributed by atoms with Crippen LogP contribution >= 0.6 is 11.3 Å². The highest BCUT2D eigenvalue weighted by Gasteiger charge is 2.29. The molecule has 1 atom stereocenters. The maximum absolute atomic E-state index is 12.4. The van der Waals surface area contributed by atoms with Crippen LogP contribution in [0.2, 0.25) is 0 Å². The van der Waals surface area contributed by atoms with Gasteiger partial charge in [0.1, 0.15) is 10.7 Å². The molecule has 1 aliphatic rings. The van der Waals surface area contributed by atoms with Crippen LogP contribution in [0.25, 0.3) is 0 Å². The van der Waals surface area contributed by atoms with E-state index in [2.05, 4.69) is 17.2 Å². The standard InChI is InChI=1S/C13H22N4OS/c1-3-5-9-6-7-17(8-9)12(18)10-11(14)16-13(19-10)15-4-2/h9H,3-8,14H2,1-2H3,(H,15,16). The molecule has 0 bridgehead atoms. The molecule has 1 aliphatic heterocycles. The highest BCUT2D eigenvalue weighted by molar-refractivity contribution is 7.18. The van der Waals surface area contributed by atoms with Gasteiger partial charge in [0.2, 0.25) is 0 Å². The molecule has 2 rings (SSSR count). The molecule has 0 aromatic carbocycles. The van der Waals surface area contributed by atoms with Crippen LogP contribution in [-0.4, -0.2) is 35.4 Å². The number of carbonyl (C=O) groups is 1. The van der Waals surface area contributed by atoms with Crippen LogP contribution in [0.5, 0.6) is 0 Å². The molecule has 1 unspecified atom stereocenters. The summed E-state index contributed by atoms with van der Waals surface area (Å²) in [5, 5.41) is 3.83. The minimum absolute atomic E-state index is 0.0396. The van der Waals surface area contributed by atoms with E-state index >= 15 is 0 Å². The fraction of sp³-hybridized carbons (Fsp3) is 0.692. The summed E-state index contributed by atoms with van der Waals surface area (Å²) in [4.78, 5) is 19.1. The third-order valence-corrected chi connectivity index (χ3v) is 4.46. The van der Waals surface area contributed by atoms with Crippen molar-refractivity contribution >= 4 is 28.2 Å². The SMILES string of the molecule is CCCC1CCN(C(=O)c2sc(NCC)nc2N)C1. The fourth-order valence-electron chi connectivity index (χ4n) is 2.52. The summed E-state index contributed by atoms with van der Waals surface area (Å²) in [6.45, 7) is 6.67. The molecule has 5 nitrogen and oxygen atoms in total. The van der Waals surface area contributed by atoms with Crippen LogP contribution in [0, 0.1) is 5.92 Å². The summed E-state index contributed by atoms with van der Waals surface area (Å²) < 4.78 is 0. The molecular weight excluding hydrogens is 260 g/mol. The van der Waals surface area contributed by atoms with Gasteiger partial charge in [0.05, 0.1) is 0 Å². The molecule has 19 heavy (non-hydrogen) atoms. The lowest BCUT2D eigenvalue weighted by Crippen LogP contribution is -2.28. The van der Waals surface area contributed by atoms with Gasteiger partial charge in [0.15, 0.2) is 5.13 Å². The van der Waals surface area contributed by atoms with Crippen LogP contribution in [0.15, 0.2) is 0 Å². The Morgan fingerprint density at radius 3 is 3.05 bits per heavy atom. The first-order chi connectivity index (χ1) is 9.15. The van der Waals surface area contributed by atoms with E-state index in [9.17, 15) is 4.79 Å². The number of nitrogens with one attached hydrogen (secondary N) is 1. The number of hydrogen-bond acceptors (Lipinski definition) is 5. The number of nitrogens with two attached hydrogens (primary N) is 1. The minimum Gasteiger partial charge on any atom is -0.382 e. The molecular formula is C13H22N4OS. The van der Waals surface area contributed by atoms with Gasteiger partial charge in [0, 0.05) is 19.6 Å². The van der Waals surface area contributed by atoms with Crippen molar-refractivity contribution in [1.29, 1.82) is 0 Å². The number of likely N-dealkylation sites (tertiary alicyclic amines) is 1. The Kier molecular flexibility index (Phi) is 4.63. The number of hydrogen-bond donors (Lipinski definition) is 2. The monoisotopic (exact) mass is 282 g/mol. The summed E-state index contributed by atoms with van der Waals surface area (Å²) in [5.74, 6) is 1.04. The third kappa shape index (κ3) is 3.18. The van der Waals surface area contributed by atoms with Gasteiger partial charge in [-0.3, -0.25) is 4.79 Å². The molecule has 2 heterocycles. The summed E-state index contributed by atoms with van der Waals surface area (Å²) in [7, 11) is 0. The van der Waals surface area contributed by atoms with Gasteiger partial charge in [-0.05, 0) is 25.7 Å². The van der Waals surface area contributed by atoms with Crippen molar-refractivity contribution < 1.29 is 4.79 Å². The molecule has 0 saturated carbocycles. The molecule has 106 valence electrons. The van der Waals surface area contributed by atoms with Crippen LogP contribution in [0.3, 0.4) is 0 Å². The predicted octanol–water partition coefficient (Wildman–Crippen LogP) is 2.42. The Morgan fingerprint density at radius 1 is 1.58 bits per heavy atom. The number of anilines is 2. The van der Waals surface area contributed by atoms with Crippen LogP contribution in [0.1, 0.15) is 42.8 Å². The number of aromatic nitrogens is 1. The third-order valence-electron chi connectivity index (χ3n) is 3.45. The van der Waals surface area contributed by atoms with Gasteiger partial charge in [-0.15, -0.1) is 0 Å². The Labute approximate surface area is 118 Å². The second-order valence-corrected chi connectivity index (χ2v) is 5.96. The van der Waals surface area contributed by atoms with Gasteiger partial charge in [-0.1, -0.05) is 24.7 Å². The van der Waals surface area contributed by atoms with E-state index in [0.29, 0.717) is 16.6 Å². The molecule has 1 aromatic rings. The molecule has 1 amide bonds. The van der Waals surface area contributed by atoms with E-state index in [1.165, 1.54) is 24.2 Å². The number of carbonyl (C=O) groups excluding carboxylic acids is 1. The van der Waals surface area contributed by atoms with E-state index in [-0.39, 0.29) is 5.91 Å². The van der Waals surface area contributed by atoms with Crippen molar-refractivity contribution in [3.63, 3.8) is 0 Å². The van der Waals surface area contributed by atoms with E-state index in [1.54, 1.807) is 0 Å². The predicted molar refractivity (Wildman–Crippen MR) is 79.6 cm³/mol. The van der Waals surface area contributed by atoms with Gasteiger partial charge >= 0.3 is 0 Å². The molecule has 0 spiro atoms. The average molecular weight is 282 g/mol. The van der Waals surface area contributed by atoms with E-state index in [0.717, 1.165) is 31.2 Å². The smallest absolute Gasteiger partial charge is 0.267 e. The topological polar surface area (TPSA) is 71.2 Å². The molecule has 1 fully saturated rings. The first kappa shape index (κ1) is 14.1. The van der Waals surface area contributed by atoms with Crippen molar-refractivity contribution in [3.8, 4) is 0 Å². The average Bonchev–Trinajstić information content (AvgIpc) is 2.97. The minimum atomic E-state index is 0.0396. The van der Waals surface area contributed by atoms with Gasteiger partial charge in [-0.2, -0.15) is 0 Å². The molecule has 1 aromatic heterocycles. The zero-order valence-corrected chi connectivity index (χ0v) is 12.4. The summed E-state index contributed by atoms with van der Waals surface area (Å²) in [6, 6.07) is 0. The normalized spacial score (nSPS) is 18.8. The first-order valence-electron chi connectivity index (χ1n) is 6.95. The number of rotatable bonds is 5. The van der Waals surface area contributed by atoms with Crippen molar-refractivity contribution in [2.45, 2.75) is 33.1 Å². The van der Waals surface area contributed by atoms with Gasteiger partial charge < -0.3 is 16.0 Å². The summed E-state index contributed by atoms with van der Waals surface area (Å²) in [5.41, 5.74) is 5.85. The number of nitrogen functional groups attached to an aromatic ring is 1. The molecule has 3 N–H and O–H groups in total. The maximum atomic E-state index is 12.4. The lowest BCUT2D eigenvalue weighted by molar-refractivity contribution is 0.0792. The molecule has 6 heteroatoms. The van der Waals surface area contributed by atoms with Crippen molar-refractivity contribution in [3.05, 3.63) is 4.88 Å². The summed E-state index contributed by atoms with van der Waals surface area (Å²) in [6.07, 6.45) is 3.49. The van der Waals surface area contributed by atoms with Crippen molar-refractivity contribution in [2.75, 3.05) is 30.7 Å². The quantitative estimate of drug-likeness (QED) is 0.870. The van der Waals surface area contributed by atoms with Crippen molar-refractivity contribution in [1.82, 2.24) is 9.88 Å². The first-order valence-corrected chi connectivity index (χ1v) is 7.76. The highest BCUT2D eigenvalue weighted by atomic mass is 32.1. The Morgan fingerprint density at radius 2 is 2.37 bits per heavy atom. The second kappa shape index (κ2) is 6.23. The largest absolute Gasteiger partial charge is 0.382 e. The molecule has 1 saturated heterocycles. The van der Waals surface area contributed by atoms with E-state index in [1.807, 2.05) is 11.8 Å². The zero-order chi connectivity index (χ0) is 13.8. The highest BCUT2D eigenvalue weighted by Crippen LogP contribution is 2.29. The fourth-order valence-corrected chi connectivity index (χ4v) is 3.44. The van der Waals surface area contributed by atoms with E-state index < -0.39 is 0 Å². The van der Waals surface area contributed by atoms with Crippen LogP contribution < -0.4 is 11.1 Å². The lowest BCUT2D eigenvalue weighted by atomic mass is 10.0. The van der Waals surface area contributed by atoms with Crippen molar-refractivity contribution in [2.24, 2.45) is 5.92 Å².